The summed E-state index contributed by atoms with van der Waals surface area (Å²) in [6.07, 6.45) is 13.5. The zero-order valence-corrected chi connectivity index (χ0v) is 42.5. The van der Waals surface area contributed by atoms with Crippen LogP contribution in [-0.2, 0) is 0 Å². The van der Waals surface area contributed by atoms with Crippen LogP contribution in [0.1, 0.15) is 0 Å². The second-order valence-electron chi connectivity index (χ2n) is 13.3. The molecule has 0 bridgehead atoms. The number of pyridine rings is 4. The Morgan fingerprint density at radius 3 is 0.474 bits per heavy atom. The smallest absolute Gasteiger partial charge is 0.190 e. The van der Waals surface area contributed by atoms with Crippen molar-refractivity contribution in [2.45, 2.75) is 0 Å². The number of halogens is 20. The van der Waals surface area contributed by atoms with Crippen LogP contribution >= 0.6 is 63.7 Å². The Bertz CT molecular complexity index is 2930. The second kappa shape index (κ2) is 27.5. The molecule has 0 aliphatic rings. The van der Waals surface area contributed by atoms with Gasteiger partial charge in [0.1, 0.15) is 0 Å². The third kappa shape index (κ3) is 14.5. The molecule has 4 aromatic heterocycles. The largest absolute Gasteiger partial charge is 0.265 e. The van der Waals surface area contributed by atoms with Crippen molar-refractivity contribution < 1.29 is 70.2 Å². The van der Waals surface area contributed by atoms with Crippen LogP contribution < -0.4 is 0 Å². The quantitative estimate of drug-likeness (QED) is 0.0644. The van der Waals surface area contributed by atoms with E-state index in [-0.39, 0.29) is 0 Å². The molecule has 0 aliphatic heterocycles. The summed E-state index contributed by atoms with van der Waals surface area (Å²) in [5, 5.41) is 26.6. The van der Waals surface area contributed by atoms with Crippen molar-refractivity contribution in [1.29, 1.82) is 0 Å². The summed E-state index contributed by atoms with van der Waals surface area (Å²) in [7, 11) is 0. The lowest BCUT2D eigenvalue weighted by Gasteiger charge is -2.06. The van der Waals surface area contributed by atoms with Crippen molar-refractivity contribution >= 4 is 109 Å². The Kier molecular flexibility index (Phi) is 21.5. The van der Waals surface area contributed by atoms with Crippen LogP contribution in [0.15, 0.2) is 157 Å². The SMILES string of the molecule is Fc1c(F)c(N=Nc2c(F)c(F)c(Br)c(F)c2F)c(F)c(F)c1Br.Fc1c(F)c(N=Nc2c(F)c(F)c(Br)c(F)c2F)c(F)c(F)c1Br.c1cc(N=Nc2ccncc2)ccn1.c1cc(N=Nc2ccncc2)ccn1. The maximum absolute atomic E-state index is 13.5. The van der Waals surface area contributed by atoms with Crippen LogP contribution in [0.4, 0.5) is 116 Å². The first-order valence-electron chi connectivity index (χ1n) is 19.4. The van der Waals surface area contributed by atoms with E-state index in [1.807, 2.05) is 0 Å². The number of azo groups is 4. The van der Waals surface area contributed by atoms with Crippen LogP contribution in [0.2, 0.25) is 0 Å². The Morgan fingerprint density at radius 1 is 0.211 bits per heavy atom. The highest BCUT2D eigenvalue weighted by molar-refractivity contribution is 9.11. The fourth-order valence-electron chi connectivity index (χ4n) is 4.80. The minimum Gasteiger partial charge on any atom is -0.265 e. The van der Waals surface area contributed by atoms with Gasteiger partial charge in [0.25, 0.3) is 0 Å². The highest BCUT2D eigenvalue weighted by atomic mass is 79.9. The third-order valence-corrected chi connectivity index (χ3v) is 11.2. The Hall–Kier alpha value is -7.32. The summed E-state index contributed by atoms with van der Waals surface area (Å²) >= 11 is 8.94. The molecule has 4 heterocycles. The zero-order valence-electron chi connectivity index (χ0n) is 36.2. The standard InChI is InChI=1S/2C12Br2F8N2.2C10H8N4/c2*13-1-3(15)7(19)11(8(20)4(1)16)23-24-12-9(21)5(17)2(14)6(18)10(12)22;2*1-5-11-6-2-9(1)13-14-10-3-7-12-8-4-10/h;;2*1-8H. The molecule has 0 atom stereocenters. The minimum atomic E-state index is -2.04. The third-order valence-electron chi connectivity index (χ3n) is 8.46. The summed E-state index contributed by atoms with van der Waals surface area (Å²) in [6.45, 7) is 0. The van der Waals surface area contributed by atoms with E-state index in [0.29, 0.717) is 0 Å². The number of nitrogens with zero attached hydrogens (tertiary/aromatic N) is 12. The van der Waals surface area contributed by atoms with Gasteiger partial charge in [0.15, 0.2) is 116 Å². The van der Waals surface area contributed by atoms with Gasteiger partial charge < -0.3 is 0 Å². The maximum atomic E-state index is 13.5. The average molecular weight is 1340 g/mol. The van der Waals surface area contributed by atoms with Crippen LogP contribution in [0.3, 0.4) is 0 Å². The maximum Gasteiger partial charge on any atom is 0.190 e. The summed E-state index contributed by atoms with van der Waals surface area (Å²) in [6, 6.07) is 14.4. The van der Waals surface area contributed by atoms with E-state index in [2.05, 4.69) is 125 Å². The van der Waals surface area contributed by atoms with Crippen molar-refractivity contribution in [3.63, 3.8) is 0 Å². The molecule has 76 heavy (non-hydrogen) atoms. The molecule has 8 aromatic rings. The molecule has 0 spiro atoms. The van der Waals surface area contributed by atoms with Gasteiger partial charge in [-0.15, -0.1) is 20.5 Å². The van der Waals surface area contributed by atoms with Crippen molar-refractivity contribution in [3.05, 3.63) is 209 Å². The van der Waals surface area contributed by atoms with E-state index in [1.54, 1.807) is 98.1 Å². The van der Waals surface area contributed by atoms with Crippen molar-refractivity contribution in [2.24, 2.45) is 40.9 Å². The van der Waals surface area contributed by atoms with Gasteiger partial charge in [0.05, 0.1) is 40.6 Å². The number of aromatic nitrogens is 4. The Labute approximate surface area is 447 Å². The predicted octanol–water partition coefficient (Wildman–Crippen LogP) is 19.3. The topological polar surface area (TPSA) is 150 Å². The van der Waals surface area contributed by atoms with Gasteiger partial charge in [-0.1, -0.05) is 0 Å². The van der Waals surface area contributed by atoms with E-state index in [1.165, 1.54) is 0 Å². The molecule has 0 fully saturated rings. The first-order chi connectivity index (χ1) is 36.1. The molecule has 392 valence electrons. The van der Waals surface area contributed by atoms with Gasteiger partial charge in [-0.2, -0.15) is 20.5 Å². The second-order valence-corrected chi connectivity index (χ2v) is 16.5. The average Bonchev–Trinajstić information content (AvgIpc) is 3.45. The van der Waals surface area contributed by atoms with Crippen LogP contribution in [0, 0.1) is 93.1 Å². The zero-order chi connectivity index (χ0) is 56.0. The molecule has 0 aliphatic carbocycles. The fourth-order valence-corrected chi connectivity index (χ4v) is 6.19. The molecule has 32 heteroatoms. The van der Waals surface area contributed by atoms with E-state index >= 15 is 0 Å². The fraction of sp³-hybridized carbons (Fsp3) is 0. The van der Waals surface area contributed by atoms with E-state index in [9.17, 15) is 70.2 Å². The van der Waals surface area contributed by atoms with E-state index in [0.717, 1.165) is 22.7 Å². The van der Waals surface area contributed by atoms with Crippen molar-refractivity contribution in [1.82, 2.24) is 19.9 Å². The first kappa shape index (κ1) is 59.6. The lowest BCUT2D eigenvalue weighted by atomic mass is 10.2. The Morgan fingerprint density at radius 2 is 0.342 bits per heavy atom. The van der Waals surface area contributed by atoms with Crippen LogP contribution in [-0.4, -0.2) is 19.9 Å². The predicted molar refractivity (Wildman–Crippen MR) is 250 cm³/mol. The monoisotopic (exact) mass is 1330 g/mol. The van der Waals surface area contributed by atoms with Gasteiger partial charge in [0, 0.05) is 49.6 Å². The summed E-state index contributed by atoms with van der Waals surface area (Å²) in [4.78, 5) is 15.6. The van der Waals surface area contributed by atoms with E-state index < -0.39 is 134 Å². The van der Waals surface area contributed by atoms with Gasteiger partial charge in [-0.05, 0) is 112 Å². The Balaban J connectivity index is 0.000000193. The number of hydrogen-bond acceptors (Lipinski definition) is 12. The first-order valence-corrected chi connectivity index (χ1v) is 22.6. The molecule has 12 nitrogen and oxygen atoms in total. The molecule has 8 rings (SSSR count). The number of benzene rings is 4. The lowest BCUT2D eigenvalue weighted by Crippen LogP contribution is -1.98. The van der Waals surface area contributed by atoms with Crippen LogP contribution in [0.25, 0.3) is 0 Å². The summed E-state index contributed by atoms with van der Waals surface area (Å²) < 4.78 is 210. The highest BCUT2D eigenvalue weighted by Crippen LogP contribution is 2.39. The molecular formula is C44H16Br4F16N12. The summed E-state index contributed by atoms with van der Waals surface area (Å²) in [5.41, 5.74) is -3.58. The lowest BCUT2D eigenvalue weighted by molar-refractivity contribution is 0.445. The van der Waals surface area contributed by atoms with Crippen molar-refractivity contribution in [2.75, 3.05) is 0 Å². The molecule has 0 radical (unpaired) electrons. The molecule has 4 aromatic carbocycles. The molecule has 0 unspecified atom stereocenters. The molecule has 0 saturated carbocycles. The van der Waals surface area contributed by atoms with Crippen LogP contribution in [0.5, 0.6) is 0 Å². The van der Waals surface area contributed by atoms with E-state index in [4.69, 9.17) is 0 Å². The molecule has 0 saturated heterocycles. The van der Waals surface area contributed by atoms with Gasteiger partial charge in [0.2, 0.25) is 0 Å². The summed E-state index contributed by atoms with van der Waals surface area (Å²) in [5.74, 6) is -31.4. The van der Waals surface area contributed by atoms with Gasteiger partial charge in [-0.3, -0.25) is 19.9 Å². The molecule has 0 N–H and O–H groups in total. The number of hydrogen-bond donors (Lipinski definition) is 0. The van der Waals surface area contributed by atoms with Gasteiger partial charge >= 0.3 is 0 Å². The van der Waals surface area contributed by atoms with Gasteiger partial charge in [-0.25, -0.2) is 70.2 Å². The normalized spacial score (nSPS) is 11.2. The molecular weight excluding hydrogens is 1320 g/mol. The number of rotatable bonds is 8. The minimum absolute atomic E-state index is 0.789. The highest BCUT2D eigenvalue weighted by Gasteiger charge is 2.29. The molecule has 0 amide bonds. The van der Waals surface area contributed by atoms with Crippen molar-refractivity contribution in [3.8, 4) is 0 Å².